The van der Waals surface area contributed by atoms with Gasteiger partial charge < -0.3 is 0 Å². The van der Waals surface area contributed by atoms with Crippen molar-refractivity contribution in [2.75, 3.05) is 13.1 Å². The Morgan fingerprint density at radius 3 is 2.34 bits per heavy atom. The second-order valence-electron chi connectivity index (χ2n) is 8.67. The maximum absolute atomic E-state index is 14.6. The van der Waals surface area contributed by atoms with Gasteiger partial charge in [0.05, 0.1) is 5.69 Å². The lowest BCUT2D eigenvalue weighted by Gasteiger charge is -2.31. The van der Waals surface area contributed by atoms with Crippen molar-refractivity contribution in [3.05, 3.63) is 76.4 Å². The molecule has 0 aliphatic carbocycles. The second kappa shape index (κ2) is 7.54. The first kappa shape index (κ1) is 20.0. The average Bonchev–Trinajstić information content (AvgIpc) is 3.29. The molecule has 0 radical (unpaired) electrons. The quantitative estimate of drug-likeness (QED) is 0.569. The summed E-state index contributed by atoms with van der Waals surface area (Å²) in [5.41, 5.74) is 3.24. The van der Waals surface area contributed by atoms with Crippen LogP contribution < -0.4 is 0 Å². The Morgan fingerprint density at radius 1 is 1.00 bits per heavy atom. The molecular formula is C23H24ClF2N3. The van der Waals surface area contributed by atoms with Crippen LogP contribution in [0.4, 0.5) is 8.78 Å². The van der Waals surface area contributed by atoms with Crippen molar-refractivity contribution in [1.82, 2.24) is 15.1 Å². The standard InChI is InChI=1S/C23H24ClF2N3/c1-23(2,3)29-12-18(17-9-8-16(25)10-20(17)26)19(13-29)22-11-21(27-28-22)14-4-6-15(24)7-5-14/h4-11,18-19H,12-13H2,1-3H3,(H,27,28). The molecule has 0 amide bonds. The van der Waals surface area contributed by atoms with Crippen molar-refractivity contribution in [1.29, 1.82) is 0 Å². The van der Waals surface area contributed by atoms with E-state index in [2.05, 4.69) is 35.9 Å². The fraction of sp³-hybridized carbons (Fsp3) is 0.348. The van der Waals surface area contributed by atoms with Gasteiger partial charge in [0.15, 0.2) is 0 Å². The van der Waals surface area contributed by atoms with Crippen LogP contribution in [0.3, 0.4) is 0 Å². The van der Waals surface area contributed by atoms with E-state index in [0.29, 0.717) is 17.1 Å². The van der Waals surface area contributed by atoms with Crippen molar-refractivity contribution < 1.29 is 8.78 Å². The van der Waals surface area contributed by atoms with E-state index in [9.17, 15) is 8.78 Å². The van der Waals surface area contributed by atoms with Crippen LogP contribution >= 0.6 is 11.6 Å². The Morgan fingerprint density at radius 2 is 1.69 bits per heavy atom. The molecule has 0 saturated carbocycles. The van der Waals surface area contributed by atoms with Crippen LogP contribution in [0.15, 0.2) is 48.5 Å². The topological polar surface area (TPSA) is 31.9 Å². The average molecular weight is 416 g/mol. The van der Waals surface area contributed by atoms with Crippen LogP contribution in [0, 0.1) is 11.6 Å². The first-order chi connectivity index (χ1) is 13.7. The van der Waals surface area contributed by atoms with E-state index in [0.717, 1.165) is 29.6 Å². The molecule has 1 aromatic heterocycles. The Hall–Kier alpha value is -2.24. The number of likely N-dealkylation sites (tertiary alicyclic amines) is 1. The third-order valence-corrected chi connectivity index (χ3v) is 6.02. The van der Waals surface area contributed by atoms with Gasteiger partial charge in [-0.2, -0.15) is 5.10 Å². The molecule has 0 bridgehead atoms. The predicted molar refractivity (Wildman–Crippen MR) is 112 cm³/mol. The van der Waals surface area contributed by atoms with Crippen molar-refractivity contribution in [3.8, 4) is 11.3 Å². The summed E-state index contributed by atoms with van der Waals surface area (Å²) in [6, 6.07) is 13.4. The van der Waals surface area contributed by atoms with E-state index in [1.807, 2.05) is 30.3 Å². The zero-order valence-electron chi connectivity index (χ0n) is 16.7. The molecule has 3 aromatic rings. The fourth-order valence-electron chi connectivity index (χ4n) is 4.08. The van der Waals surface area contributed by atoms with Crippen molar-refractivity contribution >= 4 is 11.6 Å². The van der Waals surface area contributed by atoms with Crippen LogP contribution in [-0.2, 0) is 0 Å². The summed E-state index contributed by atoms with van der Waals surface area (Å²) in [7, 11) is 0. The SMILES string of the molecule is CC(C)(C)N1CC(c2cc(-c3ccc(Cl)cc3)n[nH]2)C(c2ccc(F)cc2F)C1. The summed E-state index contributed by atoms with van der Waals surface area (Å²) in [5.74, 6) is -1.11. The predicted octanol–water partition coefficient (Wildman–Crippen LogP) is 5.99. The highest BCUT2D eigenvalue weighted by Crippen LogP contribution is 2.43. The van der Waals surface area contributed by atoms with Gasteiger partial charge in [-0.25, -0.2) is 8.78 Å². The molecule has 1 N–H and O–H groups in total. The zero-order valence-corrected chi connectivity index (χ0v) is 17.5. The maximum atomic E-state index is 14.6. The number of nitrogens with one attached hydrogen (secondary N) is 1. The number of nitrogens with zero attached hydrogens (tertiary/aromatic N) is 2. The smallest absolute Gasteiger partial charge is 0.129 e. The molecule has 6 heteroatoms. The molecule has 4 rings (SSSR count). The molecule has 0 spiro atoms. The second-order valence-corrected chi connectivity index (χ2v) is 9.11. The number of aromatic amines is 1. The number of rotatable bonds is 3. The summed E-state index contributed by atoms with van der Waals surface area (Å²) < 4.78 is 28.1. The number of halogens is 3. The Kier molecular flexibility index (Phi) is 5.21. The van der Waals surface area contributed by atoms with Crippen molar-refractivity contribution in [3.63, 3.8) is 0 Å². The number of benzene rings is 2. The molecule has 29 heavy (non-hydrogen) atoms. The van der Waals surface area contributed by atoms with E-state index in [-0.39, 0.29) is 17.4 Å². The molecule has 1 aliphatic rings. The lowest BCUT2D eigenvalue weighted by Crippen LogP contribution is -2.39. The molecule has 2 unspecified atom stereocenters. The third-order valence-electron chi connectivity index (χ3n) is 5.77. The van der Waals surface area contributed by atoms with Gasteiger partial charge in [0, 0.05) is 52.8 Å². The maximum Gasteiger partial charge on any atom is 0.129 e. The lowest BCUT2D eigenvalue weighted by molar-refractivity contribution is 0.170. The number of hydrogen-bond acceptors (Lipinski definition) is 2. The Labute approximate surface area is 174 Å². The van der Waals surface area contributed by atoms with Gasteiger partial charge in [-0.3, -0.25) is 10.00 Å². The minimum atomic E-state index is -0.556. The number of hydrogen-bond donors (Lipinski definition) is 1. The minimum absolute atomic E-state index is 0.0303. The lowest BCUT2D eigenvalue weighted by atomic mass is 9.86. The number of aromatic nitrogens is 2. The van der Waals surface area contributed by atoms with E-state index >= 15 is 0 Å². The summed E-state index contributed by atoms with van der Waals surface area (Å²) in [4.78, 5) is 2.34. The summed E-state index contributed by atoms with van der Waals surface area (Å²) in [6.07, 6.45) is 0. The van der Waals surface area contributed by atoms with Crippen LogP contribution in [0.1, 0.15) is 43.9 Å². The summed E-state index contributed by atoms with van der Waals surface area (Å²) >= 11 is 5.98. The first-order valence-electron chi connectivity index (χ1n) is 9.73. The first-order valence-corrected chi connectivity index (χ1v) is 10.1. The minimum Gasteiger partial charge on any atom is -0.297 e. The molecule has 1 aliphatic heterocycles. The van der Waals surface area contributed by atoms with Gasteiger partial charge in [0.1, 0.15) is 11.6 Å². The summed E-state index contributed by atoms with van der Waals surface area (Å²) in [5, 5.41) is 8.30. The van der Waals surface area contributed by atoms with E-state index in [1.54, 1.807) is 6.07 Å². The zero-order chi connectivity index (χ0) is 20.8. The van der Waals surface area contributed by atoms with E-state index < -0.39 is 11.6 Å². The molecule has 2 atom stereocenters. The van der Waals surface area contributed by atoms with Crippen molar-refractivity contribution in [2.45, 2.75) is 38.1 Å². The van der Waals surface area contributed by atoms with Crippen LogP contribution in [0.5, 0.6) is 0 Å². The monoisotopic (exact) mass is 415 g/mol. The fourth-order valence-corrected chi connectivity index (χ4v) is 4.21. The normalized spacial score (nSPS) is 20.3. The summed E-state index contributed by atoms with van der Waals surface area (Å²) in [6.45, 7) is 7.93. The van der Waals surface area contributed by atoms with Gasteiger partial charge in [-0.1, -0.05) is 29.8 Å². The third kappa shape index (κ3) is 4.07. The molecule has 1 saturated heterocycles. The highest BCUT2D eigenvalue weighted by atomic mass is 35.5. The molecule has 152 valence electrons. The molecular weight excluding hydrogens is 392 g/mol. The molecule has 1 fully saturated rings. The Bertz CT molecular complexity index is 1010. The highest BCUT2D eigenvalue weighted by molar-refractivity contribution is 6.30. The van der Waals surface area contributed by atoms with Crippen LogP contribution in [0.2, 0.25) is 5.02 Å². The highest BCUT2D eigenvalue weighted by Gasteiger charge is 2.41. The van der Waals surface area contributed by atoms with Gasteiger partial charge in [-0.05, 0) is 50.6 Å². The van der Waals surface area contributed by atoms with E-state index in [1.165, 1.54) is 6.07 Å². The van der Waals surface area contributed by atoms with Gasteiger partial charge in [0.25, 0.3) is 0 Å². The van der Waals surface area contributed by atoms with Crippen LogP contribution in [0.25, 0.3) is 11.3 Å². The van der Waals surface area contributed by atoms with Gasteiger partial charge >= 0.3 is 0 Å². The van der Waals surface area contributed by atoms with Crippen molar-refractivity contribution in [2.24, 2.45) is 0 Å². The molecule has 3 nitrogen and oxygen atoms in total. The molecule has 2 aromatic carbocycles. The van der Waals surface area contributed by atoms with E-state index in [4.69, 9.17) is 11.6 Å². The largest absolute Gasteiger partial charge is 0.297 e. The number of H-pyrrole nitrogens is 1. The van der Waals surface area contributed by atoms with Gasteiger partial charge in [0.2, 0.25) is 0 Å². The molecule has 2 heterocycles. The Balaban J connectivity index is 1.70. The van der Waals surface area contributed by atoms with Gasteiger partial charge in [-0.15, -0.1) is 0 Å². The van der Waals surface area contributed by atoms with Crippen LogP contribution in [-0.4, -0.2) is 33.7 Å².